The number of nitrogens with zero attached hydrogens (tertiary/aromatic N) is 2. The van der Waals surface area contributed by atoms with E-state index >= 15 is 0 Å². The number of nitrogens with one attached hydrogen (secondary N) is 1. The fourth-order valence-electron chi connectivity index (χ4n) is 1.98. The summed E-state index contributed by atoms with van der Waals surface area (Å²) < 4.78 is 0. The van der Waals surface area contributed by atoms with Crippen LogP contribution in [-0.2, 0) is 0 Å². The van der Waals surface area contributed by atoms with Crippen LogP contribution in [0.2, 0.25) is 0 Å². The number of anilines is 1. The van der Waals surface area contributed by atoms with E-state index < -0.39 is 0 Å². The van der Waals surface area contributed by atoms with E-state index in [-0.39, 0.29) is 0 Å². The Bertz CT molecular complexity index is 278. The Balaban J connectivity index is 1.74. The number of hydrogen-bond donors (Lipinski definition) is 1. The third-order valence-electron chi connectivity index (χ3n) is 3.07. The van der Waals surface area contributed by atoms with Crippen LogP contribution < -0.4 is 5.32 Å². The van der Waals surface area contributed by atoms with Crippen molar-refractivity contribution in [1.29, 1.82) is 0 Å². The molecular formula is C12H19N3. The number of pyridine rings is 1. The van der Waals surface area contributed by atoms with Crippen molar-refractivity contribution in [3.05, 3.63) is 24.4 Å². The summed E-state index contributed by atoms with van der Waals surface area (Å²) in [6, 6.07) is 5.99. The van der Waals surface area contributed by atoms with Gasteiger partial charge in [0.05, 0.1) is 0 Å². The molecule has 0 radical (unpaired) electrons. The second-order valence-corrected chi connectivity index (χ2v) is 4.34. The molecule has 0 aromatic carbocycles. The average molecular weight is 205 g/mol. The smallest absolute Gasteiger partial charge is 0.125 e. The monoisotopic (exact) mass is 205 g/mol. The Hall–Kier alpha value is -1.09. The zero-order chi connectivity index (χ0) is 10.5. The number of aromatic nitrogens is 1. The Morgan fingerprint density at radius 3 is 2.87 bits per heavy atom. The summed E-state index contributed by atoms with van der Waals surface area (Å²) in [5, 5.41) is 3.40. The largest absolute Gasteiger partial charge is 0.370 e. The second kappa shape index (κ2) is 5.12. The van der Waals surface area contributed by atoms with Gasteiger partial charge in [-0.3, -0.25) is 0 Å². The molecule has 0 saturated carbocycles. The first-order chi connectivity index (χ1) is 7.34. The normalized spacial score (nSPS) is 19.0. The molecule has 3 nitrogen and oxygen atoms in total. The summed E-state index contributed by atoms with van der Waals surface area (Å²) in [6.45, 7) is 3.52. The van der Waals surface area contributed by atoms with Gasteiger partial charge in [0.25, 0.3) is 0 Å². The molecule has 1 aliphatic heterocycles. The van der Waals surface area contributed by atoms with Crippen LogP contribution in [0.1, 0.15) is 12.8 Å². The van der Waals surface area contributed by atoms with Crippen LogP contribution in [-0.4, -0.2) is 36.6 Å². The molecule has 1 saturated heterocycles. The van der Waals surface area contributed by atoms with E-state index in [0.29, 0.717) is 0 Å². The van der Waals surface area contributed by atoms with Gasteiger partial charge in [0.15, 0.2) is 0 Å². The molecule has 15 heavy (non-hydrogen) atoms. The van der Waals surface area contributed by atoms with E-state index in [1.807, 2.05) is 24.4 Å². The first-order valence-electron chi connectivity index (χ1n) is 5.68. The second-order valence-electron chi connectivity index (χ2n) is 4.34. The highest BCUT2D eigenvalue weighted by molar-refractivity contribution is 5.32. The maximum atomic E-state index is 4.26. The molecule has 1 aromatic rings. The van der Waals surface area contributed by atoms with Crippen molar-refractivity contribution in [2.24, 2.45) is 5.92 Å². The molecule has 0 spiro atoms. The Kier molecular flexibility index (Phi) is 3.56. The summed E-state index contributed by atoms with van der Waals surface area (Å²) in [6.07, 6.45) is 4.43. The van der Waals surface area contributed by atoms with Gasteiger partial charge in [-0.15, -0.1) is 0 Å². The molecule has 1 aromatic heterocycles. The number of likely N-dealkylation sites (tertiary alicyclic amines) is 1. The molecule has 2 rings (SSSR count). The summed E-state index contributed by atoms with van der Waals surface area (Å²) in [4.78, 5) is 6.66. The summed E-state index contributed by atoms with van der Waals surface area (Å²) >= 11 is 0. The number of piperidine rings is 1. The van der Waals surface area contributed by atoms with Crippen LogP contribution in [0, 0.1) is 5.92 Å². The van der Waals surface area contributed by atoms with Gasteiger partial charge in [-0.05, 0) is 51.0 Å². The molecule has 2 heterocycles. The van der Waals surface area contributed by atoms with E-state index in [4.69, 9.17) is 0 Å². The van der Waals surface area contributed by atoms with Crippen LogP contribution in [0.3, 0.4) is 0 Å². The van der Waals surface area contributed by atoms with Crippen molar-refractivity contribution in [2.75, 3.05) is 32.0 Å². The molecule has 0 atom stereocenters. The van der Waals surface area contributed by atoms with Gasteiger partial charge in [-0.2, -0.15) is 0 Å². The lowest BCUT2D eigenvalue weighted by molar-refractivity contribution is 0.226. The molecule has 0 aliphatic carbocycles. The van der Waals surface area contributed by atoms with E-state index in [0.717, 1.165) is 18.3 Å². The molecule has 0 bridgehead atoms. The molecule has 0 unspecified atom stereocenters. The van der Waals surface area contributed by atoms with Gasteiger partial charge in [0.1, 0.15) is 5.82 Å². The third kappa shape index (κ3) is 3.20. The van der Waals surface area contributed by atoms with Crippen molar-refractivity contribution in [1.82, 2.24) is 9.88 Å². The number of rotatable bonds is 3. The molecule has 82 valence electrons. The molecular weight excluding hydrogens is 186 g/mol. The van der Waals surface area contributed by atoms with Crippen molar-refractivity contribution < 1.29 is 0 Å². The van der Waals surface area contributed by atoms with Crippen LogP contribution in [0.5, 0.6) is 0 Å². The maximum absolute atomic E-state index is 4.26. The van der Waals surface area contributed by atoms with Gasteiger partial charge in [-0.1, -0.05) is 6.07 Å². The molecule has 1 fully saturated rings. The topological polar surface area (TPSA) is 28.2 Å². The Morgan fingerprint density at radius 1 is 1.40 bits per heavy atom. The fraction of sp³-hybridized carbons (Fsp3) is 0.583. The molecule has 1 N–H and O–H groups in total. The highest BCUT2D eigenvalue weighted by Crippen LogP contribution is 2.16. The van der Waals surface area contributed by atoms with Gasteiger partial charge in [-0.25, -0.2) is 4.98 Å². The lowest BCUT2D eigenvalue weighted by Crippen LogP contribution is -2.33. The van der Waals surface area contributed by atoms with Crippen LogP contribution in [0.25, 0.3) is 0 Å². The van der Waals surface area contributed by atoms with Crippen molar-refractivity contribution in [2.45, 2.75) is 12.8 Å². The first-order valence-corrected chi connectivity index (χ1v) is 5.68. The predicted molar refractivity (Wildman–Crippen MR) is 62.9 cm³/mol. The third-order valence-corrected chi connectivity index (χ3v) is 3.07. The zero-order valence-corrected chi connectivity index (χ0v) is 9.32. The van der Waals surface area contributed by atoms with Crippen LogP contribution in [0.15, 0.2) is 24.4 Å². The van der Waals surface area contributed by atoms with Crippen LogP contribution in [0.4, 0.5) is 5.82 Å². The van der Waals surface area contributed by atoms with Crippen molar-refractivity contribution >= 4 is 5.82 Å². The molecule has 1 aliphatic rings. The van der Waals surface area contributed by atoms with Gasteiger partial charge < -0.3 is 10.2 Å². The van der Waals surface area contributed by atoms with E-state index in [1.54, 1.807) is 0 Å². The first kappa shape index (κ1) is 10.4. The fourth-order valence-corrected chi connectivity index (χ4v) is 1.98. The zero-order valence-electron chi connectivity index (χ0n) is 9.32. The lowest BCUT2D eigenvalue weighted by Gasteiger charge is -2.29. The number of hydrogen-bond acceptors (Lipinski definition) is 3. The Labute approximate surface area is 91.5 Å². The van der Waals surface area contributed by atoms with Crippen molar-refractivity contribution in [3.8, 4) is 0 Å². The van der Waals surface area contributed by atoms with Gasteiger partial charge in [0.2, 0.25) is 0 Å². The summed E-state index contributed by atoms with van der Waals surface area (Å²) in [7, 11) is 2.20. The average Bonchev–Trinajstić information content (AvgIpc) is 2.30. The van der Waals surface area contributed by atoms with Gasteiger partial charge >= 0.3 is 0 Å². The highest BCUT2D eigenvalue weighted by atomic mass is 15.1. The summed E-state index contributed by atoms with van der Waals surface area (Å²) in [5.74, 6) is 1.81. The minimum atomic E-state index is 0.809. The minimum absolute atomic E-state index is 0.809. The SMILES string of the molecule is CN1CCC(CNc2ccccn2)CC1. The van der Waals surface area contributed by atoms with Crippen molar-refractivity contribution in [3.63, 3.8) is 0 Å². The molecule has 0 amide bonds. The van der Waals surface area contributed by atoms with E-state index in [9.17, 15) is 0 Å². The summed E-state index contributed by atoms with van der Waals surface area (Å²) in [5.41, 5.74) is 0. The van der Waals surface area contributed by atoms with E-state index in [2.05, 4.69) is 22.2 Å². The van der Waals surface area contributed by atoms with E-state index in [1.165, 1.54) is 25.9 Å². The molecule has 3 heteroatoms. The standard InChI is InChI=1S/C12H19N3/c1-15-8-5-11(6-9-15)10-14-12-4-2-3-7-13-12/h2-4,7,11H,5-6,8-10H2,1H3,(H,13,14). The van der Waals surface area contributed by atoms with Gasteiger partial charge in [0, 0.05) is 12.7 Å². The Morgan fingerprint density at radius 2 is 2.20 bits per heavy atom. The predicted octanol–water partition coefficient (Wildman–Crippen LogP) is 1.84. The van der Waals surface area contributed by atoms with Crippen LogP contribution >= 0.6 is 0 Å². The highest BCUT2D eigenvalue weighted by Gasteiger charge is 2.15. The minimum Gasteiger partial charge on any atom is -0.370 e. The lowest BCUT2D eigenvalue weighted by atomic mass is 9.97. The quantitative estimate of drug-likeness (QED) is 0.816. The maximum Gasteiger partial charge on any atom is 0.125 e.